The van der Waals surface area contributed by atoms with Gasteiger partial charge in [-0.25, -0.2) is 4.39 Å². The van der Waals surface area contributed by atoms with Gasteiger partial charge in [0.2, 0.25) is 0 Å². The van der Waals surface area contributed by atoms with E-state index < -0.39 is 0 Å². The second-order valence-corrected chi connectivity index (χ2v) is 4.99. The van der Waals surface area contributed by atoms with Crippen molar-refractivity contribution >= 4 is 16.5 Å². The Labute approximate surface area is 122 Å². The van der Waals surface area contributed by atoms with Crippen molar-refractivity contribution in [3.63, 3.8) is 0 Å². The van der Waals surface area contributed by atoms with Gasteiger partial charge in [-0.05, 0) is 46.7 Å². The number of rotatable bonds is 4. The normalized spacial score (nSPS) is 12.3. The maximum Gasteiger partial charge on any atom is 0.123 e. The van der Waals surface area contributed by atoms with E-state index in [9.17, 15) is 9.50 Å². The lowest BCUT2D eigenvalue weighted by Crippen LogP contribution is -2.14. The van der Waals surface area contributed by atoms with Gasteiger partial charge in [0.25, 0.3) is 0 Å². The molecular formula is C18H16FNO. The van der Waals surface area contributed by atoms with Crippen molar-refractivity contribution in [2.75, 3.05) is 11.9 Å². The third kappa shape index (κ3) is 3.03. The molecule has 1 atom stereocenters. The number of hydrogen-bond acceptors (Lipinski definition) is 2. The lowest BCUT2D eigenvalue weighted by Gasteiger charge is -2.18. The molecule has 1 unspecified atom stereocenters. The van der Waals surface area contributed by atoms with Crippen LogP contribution in [0, 0.1) is 5.82 Å². The van der Waals surface area contributed by atoms with Crippen LogP contribution in [-0.2, 0) is 0 Å². The fraction of sp³-hybridized carbons (Fsp3) is 0.111. The molecule has 2 N–H and O–H groups in total. The van der Waals surface area contributed by atoms with Crippen LogP contribution >= 0.6 is 0 Å². The third-order valence-corrected chi connectivity index (χ3v) is 3.54. The van der Waals surface area contributed by atoms with Crippen LogP contribution in [0.15, 0.2) is 66.7 Å². The fourth-order valence-electron chi connectivity index (χ4n) is 2.41. The van der Waals surface area contributed by atoms with Gasteiger partial charge in [-0.2, -0.15) is 0 Å². The van der Waals surface area contributed by atoms with Gasteiger partial charge in [-0.1, -0.05) is 36.4 Å². The van der Waals surface area contributed by atoms with Crippen LogP contribution in [0.1, 0.15) is 11.6 Å². The molecule has 0 heterocycles. The van der Waals surface area contributed by atoms with Crippen LogP contribution < -0.4 is 5.32 Å². The summed E-state index contributed by atoms with van der Waals surface area (Å²) in [4.78, 5) is 0. The van der Waals surface area contributed by atoms with Gasteiger partial charge in [0.1, 0.15) is 5.82 Å². The minimum Gasteiger partial charge on any atom is -0.394 e. The molecule has 0 aliphatic heterocycles. The first-order chi connectivity index (χ1) is 10.3. The van der Waals surface area contributed by atoms with Gasteiger partial charge < -0.3 is 10.4 Å². The number of fused-ring (bicyclic) bond motifs is 1. The summed E-state index contributed by atoms with van der Waals surface area (Å²) in [5.74, 6) is -0.271. The highest BCUT2D eigenvalue weighted by Gasteiger charge is 2.10. The predicted molar refractivity (Wildman–Crippen MR) is 83.8 cm³/mol. The van der Waals surface area contributed by atoms with Crippen molar-refractivity contribution in [2.45, 2.75) is 6.04 Å². The second kappa shape index (κ2) is 5.94. The molecule has 0 aliphatic rings. The zero-order valence-corrected chi connectivity index (χ0v) is 11.5. The largest absolute Gasteiger partial charge is 0.394 e. The fourth-order valence-corrected chi connectivity index (χ4v) is 2.41. The summed E-state index contributed by atoms with van der Waals surface area (Å²) in [6.45, 7) is -0.0320. The lowest BCUT2D eigenvalue weighted by atomic mass is 10.0. The van der Waals surface area contributed by atoms with E-state index in [4.69, 9.17) is 0 Å². The van der Waals surface area contributed by atoms with Gasteiger partial charge in [0.05, 0.1) is 12.6 Å². The molecule has 0 aliphatic carbocycles. The van der Waals surface area contributed by atoms with E-state index in [1.807, 2.05) is 30.3 Å². The van der Waals surface area contributed by atoms with E-state index >= 15 is 0 Å². The number of aliphatic hydroxyl groups is 1. The molecule has 3 aromatic rings. The molecular weight excluding hydrogens is 265 g/mol. The topological polar surface area (TPSA) is 32.3 Å². The minimum atomic E-state index is -0.271. The van der Waals surface area contributed by atoms with E-state index in [1.54, 1.807) is 12.1 Å². The monoisotopic (exact) mass is 281 g/mol. The first-order valence-electron chi connectivity index (χ1n) is 6.88. The zero-order chi connectivity index (χ0) is 14.7. The molecule has 0 bridgehead atoms. The van der Waals surface area contributed by atoms with E-state index in [0.29, 0.717) is 0 Å². The van der Waals surface area contributed by atoms with E-state index in [0.717, 1.165) is 16.6 Å². The molecule has 21 heavy (non-hydrogen) atoms. The van der Waals surface area contributed by atoms with Crippen LogP contribution in [0.5, 0.6) is 0 Å². The number of nitrogens with one attached hydrogen (secondary N) is 1. The van der Waals surface area contributed by atoms with E-state index in [1.165, 1.54) is 17.5 Å². The Kier molecular flexibility index (Phi) is 3.84. The Hall–Kier alpha value is -2.39. The highest BCUT2D eigenvalue weighted by molar-refractivity contribution is 5.83. The maximum atomic E-state index is 12.9. The van der Waals surface area contributed by atoms with E-state index in [2.05, 4.69) is 17.4 Å². The molecule has 106 valence electrons. The summed E-state index contributed by atoms with van der Waals surface area (Å²) in [7, 11) is 0. The number of halogens is 1. The maximum absolute atomic E-state index is 12.9. The van der Waals surface area contributed by atoms with Gasteiger partial charge in [-0.3, -0.25) is 0 Å². The Morgan fingerprint density at radius 3 is 2.33 bits per heavy atom. The van der Waals surface area contributed by atoms with Crippen LogP contribution in [0.3, 0.4) is 0 Å². The van der Waals surface area contributed by atoms with Crippen molar-refractivity contribution in [3.8, 4) is 0 Å². The summed E-state index contributed by atoms with van der Waals surface area (Å²) in [6, 6.07) is 20.1. The molecule has 0 radical (unpaired) electrons. The Morgan fingerprint density at radius 1 is 0.905 bits per heavy atom. The third-order valence-electron chi connectivity index (χ3n) is 3.54. The second-order valence-electron chi connectivity index (χ2n) is 4.99. The average molecular weight is 281 g/mol. The van der Waals surface area contributed by atoms with Gasteiger partial charge in [0.15, 0.2) is 0 Å². The standard InChI is InChI=1S/C18H16FNO/c19-16-7-9-17(10-8-16)20-18(12-21)15-6-5-13-3-1-2-4-14(13)11-15/h1-11,18,20-21H,12H2. The van der Waals surface area contributed by atoms with Gasteiger partial charge in [-0.15, -0.1) is 0 Å². The smallest absolute Gasteiger partial charge is 0.123 e. The molecule has 2 nitrogen and oxygen atoms in total. The molecule has 0 aromatic heterocycles. The van der Waals surface area contributed by atoms with Crippen molar-refractivity contribution in [3.05, 3.63) is 78.1 Å². The summed E-state index contributed by atoms with van der Waals surface area (Å²) in [6.07, 6.45) is 0. The summed E-state index contributed by atoms with van der Waals surface area (Å²) in [5, 5.41) is 15.2. The SMILES string of the molecule is OCC(Nc1ccc(F)cc1)c1ccc2ccccc2c1. The number of benzene rings is 3. The zero-order valence-electron chi connectivity index (χ0n) is 11.5. The molecule has 0 fully saturated rings. The quantitative estimate of drug-likeness (QED) is 0.754. The Bertz CT molecular complexity index is 740. The van der Waals surface area contributed by atoms with Crippen LogP contribution in [0.2, 0.25) is 0 Å². The number of aliphatic hydroxyl groups excluding tert-OH is 1. The number of hydrogen-bond donors (Lipinski definition) is 2. The summed E-state index contributed by atoms with van der Waals surface area (Å²) >= 11 is 0. The highest BCUT2D eigenvalue weighted by Crippen LogP contribution is 2.23. The van der Waals surface area contributed by atoms with Crippen LogP contribution in [-0.4, -0.2) is 11.7 Å². The van der Waals surface area contributed by atoms with Crippen molar-refractivity contribution in [2.24, 2.45) is 0 Å². The Balaban J connectivity index is 1.88. The molecule has 0 saturated heterocycles. The first-order valence-corrected chi connectivity index (χ1v) is 6.88. The van der Waals surface area contributed by atoms with E-state index in [-0.39, 0.29) is 18.5 Å². The number of anilines is 1. The van der Waals surface area contributed by atoms with Crippen molar-refractivity contribution in [1.82, 2.24) is 0 Å². The molecule has 0 spiro atoms. The van der Waals surface area contributed by atoms with Crippen molar-refractivity contribution < 1.29 is 9.50 Å². The summed E-state index contributed by atoms with van der Waals surface area (Å²) in [5.41, 5.74) is 1.78. The average Bonchev–Trinajstić information content (AvgIpc) is 2.54. The molecule has 0 saturated carbocycles. The molecule has 3 heteroatoms. The van der Waals surface area contributed by atoms with Crippen LogP contribution in [0.4, 0.5) is 10.1 Å². The lowest BCUT2D eigenvalue weighted by molar-refractivity contribution is 0.276. The Morgan fingerprint density at radius 2 is 1.62 bits per heavy atom. The van der Waals surface area contributed by atoms with Gasteiger partial charge >= 0.3 is 0 Å². The van der Waals surface area contributed by atoms with Crippen molar-refractivity contribution in [1.29, 1.82) is 0 Å². The van der Waals surface area contributed by atoms with Crippen LogP contribution in [0.25, 0.3) is 10.8 Å². The molecule has 0 amide bonds. The summed E-state index contributed by atoms with van der Waals surface area (Å²) < 4.78 is 12.9. The highest BCUT2D eigenvalue weighted by atomic mass is 19.1. The molecule has 3 aromatic carbocycles. The molecule has 3 rings (SSSR count). The predicted octanol–water partition coefficient (Wildman–Crippen LogP) is 4.12. The minimum absolute atomic E-state index is 0.0320. The first kappa shape index (κ1) is 13.6. The van der Waals surface area contributed by atoms with Gasteiger partial charge in [0, 0.05) is 5.69 Å².